The highest BCUT2D eigenvalue weighted by molar-refractivity contribution is 5.51. The first kappa shape index (κ1) is 12.6. The Morgan fingerprint density at radius 3 is 2.26 bits per heavy atom. The number of hydrogen-bond acceptors (Lipinski definition) is 5. The van der Waals surface area contributed by atoms with Crippen LogP contribution in [0.5, 0.6) is 0 Å². The standard InChI is InChI=1S/C14H10N4O/c1-9-2-4-10(5-3-9)13-14(8-17,19-13)12(18)11(6-15)7-16/h2-5,13H,18H2,1H3/t13-,14+/m0/s1. The van der Waals surface area contributed by atoms with Crippen LogP contribution < -0.4 is 5.73 Å². The molecule has 0 radical (unpaired) electrons. The summed E-state index contributed by atoms with van der Waals surface area (Å²) in [5, 5.41) is 26.8. The van der Waals surface area contributed by atoms with Crippen molar-refractivity contribution in [2.24, 2.45) is 5.73 Å². The summed E-state index contributed by atoms with van der Waals surface area (Å²) < 4.78 is 5.38. The smallest absolute Gasteiger partial charge is 0.227 e. The summed E-state index contributed by atoms with van der Waals surface area (Å²) in [7, 11) is 0. The van der Waals surface area contributed by atoms with Crippen LogP contribution in [0.4, 0.5) is 0 Å². The number of nitrogens with two attached hydrogens (primary N) is 1. The molecule has 0 bridgehead atoms. The Morgan fingerprint density at radius 2 is 1.79 bits per heavy atom. The van der Waals surface area contributed by atoms with Gasteiger partial charge < -0.3 is 10.5 Å². The zero-order chi connectivity index (χ0) is 14.0. The SMILES string of the molecule is Cc1ccc([C@@H]2O[C@]2(C#N)C(N)=C(C#N)C#N)cc1. The highest BCUT2D eigenvalue weighted by Gasteiger charge is 2.61. The van der Waals surface area contributed by atoms with Gasteiger partial charge in [0, 0.05) is 0 Å². The number of hydrogen-bond donors (Lipinski definition) is 1. The maximum Gasteiger partial charge on any atom is 0.227 e. The van der Waals surface area contributed by atoms with Crippen LogP contribution in [-0.2, 0) is 4.74 Å². The van der Waals surface area contributed by atoms with Gasteiger partial charge in [-0.25, -0.2) is 0 Å². The van der Waals surface area contributed by atoms with Crippen LogP contribution in [0.25, 0.3) is 0 Å². The Balaban J connectivity index is 2.40. The Bertz CT molecular complexity index is 653. The third kappa shape index (κ3) is 1.91. The molecule has 1 aliphatic rings. The molecule has 1 fully saturated rings. The average molecular weight is 250 g/mol. The lowest BCUT2D eigenvalue weighted by Crippen LogP contribution is -2.22. The van der Waals surface area contributed by atoms with Crippen molar-refractivity contribution in [2.75, 3.05) is 0 Å². The van der Waals surface area contributed by atoms with E-state index in [1.165, 1.54) is 0 Å². The monoisotopic (exact) mass is 250 g/mol. The van der Waals surface area contributed by atoms with E-state index in [1.54, 1.807) is 12.1 Å². The van der Waals surface area contributed by atoms with Crippen LogP contribution in [0, 0.1) is 40.9 Å². The number of aryl methyl sites for hydroxylation is 1. The van der Waals surface area contributed by atoms with Crippen molar-refractivity contribution >= 4 is 0 Å². The molecule has 2 N–H and O–H groups in total. The van der Waals surface area contributed by atoms with Crippen LogP contribution in [0.1, 0.15) is 17.2 Å². The van der Waals surface area contributed by atoms with Crippen LogP contribution in [0.3, 0.4) is 0 Å². The molecule has 5 nitrogen and oxygen atoms in total. The molecule has 0 aliphatic carbocycles. The lowest BCUT2D eigenvalue weighted by atomic mass is 9.95. The number of nitrogens with zero attached hydrogens (tertiary/aromatic N) is 3. The number of rotatable bonds is 2. The summed E-state index contributed by atoms with van der Waals surface area (Å²) >= 11 is 0. The topological polar surface area (TPSA) is 110 Å². The first-order chi connectivity index (χ1) is 9.08. The van der Waals surface area contributed by atoms with E-state index in [4.69, 9.17) is 21.0 Å². The molecule has 5 heteroatoms. The Hall–Kier alpha value is -2.81. The molecule has 19 heavy (non-hydrogen) atoms. The fourth-order valence-corrected chi connectivity index (χ4v) is 1.88. The highest BCUT2D eigenvalue weighted by Crippen LogP contribution is 2.53. The molecule has 1 aromatic rings. The summed E-state index contributed by atoms with van der Waals surface area (Å²) in [6.07, 6.45) is -0.533. The summed E-state index contributed by atoms with van der Waals surface area (Å²) in [4.78, 5) is 0. The van der Waals surface area contributed by atoms with Crippen LogP contribution in [-0.4, -0.2) is 5.60 Å². The quantitative estimate of drug-likeness (QED) is 0.633. The summed E-state index contributed by atoms with van der Waals surface area (Å²) in [5.74, 6) is 0. The molecule has 1 aromatic carbocycles. The molecule has 0 saturated carbocycles. The fourth-order valence-electron chi connectivity index (χ4n) is 1.88. The van der Waals surface area contributed by atoms with Gasteiger partial charge in [-0.3, -0.25) is 0 Å². The number of epoxide rings is 1. The second-order valence-electron chi connectivity index (χ2n) is 4.27. The van der Waals surface area contributed by atoms with Crippen molar-refractivity contribution in [3.63, 3.8) is 0 Å². The van der Waals surface area contributed by atoms with Gasteiger partial charge in [-0.15, -0.1) is 0 Å². The minimum absolute atomic E-state index is 0.120. The summed E-state index contributed by atoms with van der Waals surface area (Å²) in [6, 6.07) is 12.8. The van der Waals surface area contributed by atoms with Crippen molar-refractivity contribution in [3.05, 3.63) is 46.7 Å². The van der Waals surface area contributed by atoms with Gasteiger partial charge in [0.15, 0.2) is 5.57 Å². The van der Waals surface area contributed by atoms with E-state index in [9.17, 15) is 5.26 Å². The van der Waals surface area contributed by atoms with Crippen LogP contribution in [0.15, 0.2) is 35.5 Å². The lowest BCUT2D eigenvalue weighted by molar-refractivity contribution is 0.356. The molecular weight excluding hydrogens is 240 g/mol. The normalized spacial score (nSPS) is 23.6. The number of allylic oxidation sites excluding steroid dienone is 1. The van der Waals surface area contributed by atoms with Gasteiger partial charge in [0.05, 0.1) is 5.70 Å². The van der Waals surface area contributed by atoms with E-state index in [1.807, 2.05) is 37.3 Å². The first-order valence-corrected chi connectivity index (χ1v) is 5.55. The molecular formula is C14H10N4O. The van der Waals surface area contributed by atoms with Gasteiger partial charge >= 0.3 is 0 Å². The summed E-state index contributed by atoms with van der Waals surface area (Å²) in [6.45, 7) is 1.95. The first-order valence-electron chi connectivity index (χ1n) is 5.55. The molecule has 1 aliphatic heterocycles. The molecule has 2 atom stereocenters. The van der Waals surface area contributed by atoms with Gasteiger partial charge in [-0.2, -0.15) is 15.8 Å². The van der Waals surface area contributed by atoms with E-state index >= 15 is 0 Å². The highest BCUT2D eigenvalue weighted by atomic mass is 16.6. The Kier molecular flexibility index (Phi) is 2.97. The van der Waals surface area contributed by atoms with E-state index in [-0.39, 0.29) is 11.3 Å². The van der Waals surface area contributed by atoms with E-state index in [0.717, 1.165) is 11.1 Å². The number of ether oxygens (including phenoxy) is 1. The lowest BCUT2D eigenvalue weighted by Gasteiger charge is -2.04. The van der Waals surface area contributed by atoms with Crippen molar-refractivity contribution in [2.45, 2.75) is 18.6 Å². The predicted octanol–water partition coefficient (Wildman–Crippen LogP) is 1.59. The molecule has 0 aromatic heterocycles. The number of benzene rings is 1. The molecule has 0 amide bonds. The second kappa shape index (κ2) is 4.46. The van der Waals surface area contributed by atoms with E-state index in [0.29, 0.717) is 0 Å². The minimum atomic E-state index is -1.39. The zero-order valence-corrected chi connectivity index (χ0v) is 10.2. The van der Waals surface area contributed by atoms with Crippen LogP contribution in [0.2, 0.25) is 0 Å². The van der Waals surface area contributed by atoms with Gasteiger partial charge in [-0.1, -0.05) is 29.8 Å². The summed E-state index contributed by atoms with van der Waals surface area (Å²) in [5.41, 5.74) is 5.83. The molecule has 1 saturated heterocycles. The maximum absolute atomic E-state index is 9.25. The van der Waals surface area contributed by atoms with E-state index < -0.39 is 11.7 Å². The zero-order valence-electron chi connectivity index (χ0n) is 10.2. The van der Waals surface area contributed by atoms with Crippen molar-refractivity contribution in [1.82, 2.24) is 0 Å². The molecule has 92 valence electrons. The molecule has 1 heterocycles. The Morgan fingerprint density at radius 1 is 1.21 bits per heavy atom. The second-order valence-corrected chi connectivity index (χ2v) is 4.27. The predicted molar refractivity (Wildman–Crippen MR) is 65.8 cm³/mol. The maximum atomic E-state index is 9.25. The van der Waals surface area contributed by atoms with Gasteiger partial charge in [-0.05, 0) is 12.5 Å². The van der Waals surface area contributed by atoms with E-state index in [2.05, 4.69) is 0 Å². The Labute approximate surface area is 110 Å². The minimum Gasteiger partial charge on any atom is -0.397 e. The van der Waals surface area contributed by atoms with Gasteiger partial charge in [0.25, 0.3) is 0 Å². The third-order valence-corrected chi connectivity index (χ3v) is 3.06. The average Bonchev–Trinajstić information content (AvgIpc) is 3.17. The largest absolute Gasteiger partial charge is 0.397 e. The fraction of sp³-hybridized carbons (Fsp3) is 0.214. The third-order valence-electron chi connectivity index (χ3n) is 3.06. The van der Waals surface area contributed by atoms with Gasteiger partial charge in [0.2, 0.25) is 5.60 Å². The van der Waals surface area contributed by atoms with Crippen molar-refractivity contribution < 1.29 is 4.74 Å². The van der Waals surface area contributed by atoms with Crippen molar-refractivity contribution in [1.29, 1.82) is 15.8 Å². The van der Waals surface area contributed by atoms with Crippen molar-refractivity contribution in [3.8, 4) is 18.2 Å². The molecule has 0 spiro atoms. The number of nitriles is 3. The van der Waals surface area contributed by atoms with Gasteiger partial charge in [0.1, 0.15) is 24.3 Å². The molecule has 0 unspecified atom stereocenters. The molecule has 2 rings (SSSR count). The van der Waals surface area contributed by atoms with Crippen LogP contribution >= 0.6 is 0 Å².